The molecule has 0 bridgehead atoms. The van der Waals surface area contributed by atoms with E-state index in [0.717, 1.165) is 54.4 Å². The van der Waals surface area contributed by atoms with Gasteiger partial charge in [-0.3, -0.25) is 9.48 Å². The van der Waals surface area contributed by atoms with Crippen LogP contribution < -0.4 is 21.5 Å². The molecule has 12 nitrogen and oxygen atoms in total. The fourth-order valence-electron chi connectivity index (χ4n) is 4.42. The third kappa shape index (κ3) is 11.4. The van der Waals surface area contributed by atoms with Crippen LogP contribution in [0.15, 0.2) is 36.2 Å². The Balaban J connectivity index is 0.000000322. The fourth-order valence-corrected chi connectivity index (χ4v) is 4.42. The number of nitrogens with two attached hydrogens (primary N) is 2. The Labute approximate surface area is 264 Å². The number of aromatic nitrogens is 4. The number of hydrogen-bond acceptors (Lipinski definition) is 9. The summed E-state index contributed by atoms with van der Waals surface area (Å²) in [4.78, 5) is 27.6. The van der Waals surface area contributed by atoms with Gasteiger partial charge in [0, 0.05) is 54.6 Å². The van der Waals surface area contributed by atoms with Crippen molar-refractivity contribution in [3.05, 3.63) is 64.5 Å². The summed E-state index contributed by atoms with van der Waals surface area (Å²) in [5, 5.41) is 10.3. The van der Waals surface area contributed by atoms with Crippen LogP contribution in [0.2, 0.25) is 0 Å². The first-order valence-corrected chi connectivity index (χ1v) is 14.5. The van der Waals surface area contributed by atoms with E-state index >= 15 is 0 Å². The maximum absolute atomic E-state index is 13.0. The molecular weight excluding hydrogens is 612 g/mol. The van der Waals surface area contributed by atoms with Gasteiger partial charge in [0.15, 0.2) is 6.29 Å². The highest BCUT2D eigenvalue weighted by Gasteiger charge is 2.35. The molecule has 2 aromatic heterocycles. The van der Waals surface area contributed by atoms with Gasteiger partial charge in [0.2, 0.25) is 0 Å². The van der Waals surface area contributed by atoms with Crippen molar-refractivity contribution in [2.75, 3.05) is 25.9 Å². The largest absolute Gasteiger partial charge is 0.573 e. The average molecular weight is 653 g/mol. The summed E-state index contributed by atoms with van der Waals surface area (Å²) < 4.78 is 59.2. The van der Waals surface area contributed by atoms with E-state index in [1.54, 1.807) is 22.8 Å². The molecule has 3 heterocycles. The van der Waals surface area contributed by atoms with Crippen LogP contribution >= 0.6 is 0 Å². The molecule has 1 aromatic carbocycles. The number of allylic oxidation sites excluding steroid dienone is 1. The van der Waals surface area contributed by atoms with E-state index in [2.05, 4.69) is 25.3 Å². The molecule has 1 saturated heterocycles. The number of aldehydes is 1. The predicted molar refractivity (Wildman–Crippen MR) is 163 cm³/mol. The number of aromatic amines is 1. The minimum absolute atomic E-state index is 0.124. The SMILES string of the molecule is CC(C)(C)OC(=O)N1CC(c2cc(/C=C(\N)CCCCn3cc(C=O)nn3)c(N)[nH]2)C1.CNCc1cc(OC(F)(F)F)ccc1F. The summed E-state index contributed by atoms with van der Waals surface area (Å²) in [7, 11) is 1.57. The minimum Gasteiger partial charge on any atom is -0.444 e. The highest BCUT2D eigenvalue weighted by atomic mass is 19.4. The van der Waals surface area contributed by atoms with Crippen LogP contribution in [0.5, 0.6) is 5.75 Å². The van der Waals surface area contributed by atoms with Gasteiger partial charge in [-0.05, 0) is 77.4 Å². The first-order valence-electron chi connectivity index (χ1n) is 14.5. The lowest BCUT2D eigenvalue weighted by Crippen LogP contribution is -2.50. The number of halogens is 4. The normalized spacial score (nSPS) is 13.9. The highest BCUT2D eigenvalue weighted by molar-refractivity contribution is 5.71. The van der Waals surface area contributed by atoms with Gasteiger partial charge in [-0.1, -0.05) is 5.21 Å². The average Bonchev–Trinajstić information content (AvgIpc) is 3.52. The molecule has 1 aliphatic rings. The number of rotatable bonds is 11. The number of H-pyrrole nitrogens is 1. The Kier molecular flexibility index (Phi) is 12.2. The standard InChI is InChI=1S/C21H31N7O3.C9H9F4NO/c1-21(2,3)31-20(30)27-10-15(11-27)18-9-14(19(23)24-18)8-16(22)6-4-5-7-28-12-17(13-29)25-26-28;1-14-5-6-4-7(2-3-8(6)10)15-9(11,12)13/h8-9,12-13,15,24H,4-7,10-11,22-23H2,1-3H3;2-4,14H,5H2,1H3/b16-8-;. The Morgan fingerprint density at radius 2 is 1.91 bits per heavy atom. The number of amides is 1. The van der Waals surface area contributed by atoms with Gasteiger partial charge in [0.1, 0.15) is 28.7 Å². The molecule has 16 heteroatoms. The molecule has 3 aromatic rings. The molecule has 0 radical (unpaired) electrons. The van der Waals surface area contributed by atoms with Crippen molar-refractivity contribution in [2.24, 2.45) is 5.73 Å². The molecule has 0 saturated carbocycles. The molecule has 4 rings (SSSR count). The second kappa shape index (κ2) is 15.6. The van der Waals surface area contributed by atoms with Crippen LogP contribution in [0, 0.1) is 5.82 Å². The van der Waals surface area contributed by atoms with Gasteiger partial charge in [0.25, 0.3) is 0 Å². The van der Waals surface area contributed by atoms with Gasteiger partial charge >= 0.3 is 12.5 Å². The number of aryl methyl sites for hydroxylation is 1. The Morgan fingerprint density at radius 3 is 2.52 bits per heavy atom. The summed E-state index contributed by atoms with van der Waals surface area (Å²) in [5.41, 5.74) is 14.8. The molecule has 0 atom stereocenters. The summed E-state index contributed by atoms with van der Waals surface area (Å²) in [5.74, 6) is -0.220. The smallest absolute Gasteiger partial charge is 0.444 e. The molecule has 0 aliphatic carbocycles. The topological polar surface area (TPSA) is 166 Å². The number of hydrogen-bond donors (Lipinski definition) is 4. The summed E-state index contributed by atoms with van der Waals surface area (Å²) in [6.45, 7) is 7.59. The Morgan fingerprint density at radius 1 is 1.20 bits per heavy atom. The number of nitrogens with one attached hydrogen (secondary N) is 2. The van der Waals surface area contributed by atoms with Crippen molar-refractivity contribution in [1.82, 2.24) is 30.2 Å². The van der Waals surface area contributed by atoms with Crippen LogP contribution in [0.4, 0.5) is 28.2 Å². The number of carbonyl (C=O) groups excluding carboxylic acids is 2. The quantitative estimate of drug-likeness (QED) is 0.127. The molecule has 1 amide bonds. The number of anilines is 1. The van der Waals surface area contributed by atoms with E-state index in [9.17, 15) is 27.2 Å². The third-order valence-electron chi connectivity index (χ3n) is 6.61. The number of likely N-dealkylation sites (tertiary alicyclic amines) is 1. The summed E-state index contributed by atoms with van der Waals surface area (Å²) in [6, 6.07) is 4.88. The van der Waals surface area contributed by atoms with E-state index in [0.29, 0.717) is 37.4 Å². The number of ether oxygens (including phenoxy) is 2. The van der Waals surface area contributed by atoms with Crippen molar-refractivity contribution in [1.29, 1.82) is 0 Å². The van der Waals surface area contributed by atoms with Gasteiger partial charge in [-0.15, -0.1) is 18.3 Å². The van der Waals surface area contributed by atoms with E-state index in [1.807, 2.05) is 32.9 Å². The number of nitrogen functional groups attached to an aromatic ring is 1. The van der Waals surface area contributed by atoms with Crippen molar-refractivity contribution < 1.29 is 36.6 Å². The predicted octanol–water partition coefficient (Wildman–Crippen LogP) is 4.95. The van der Waals surface area contributed by atoms with E-state index in [-0.39, 0.29) is 24.1 Å². The molecule has 0 spiro atoms. The van der Waals surface area contributed by atoms with Crippen LogP contribution in [-0.4, -0.2) is 69.4 Å². The molecule has 6 N–H and O–H groups in total. The second-order valence-electron chi connectivity index (χ2n) is 11.7. The number of alkyl halides is 3. The zero-order valence-electron chi connectivity index (χ0n) is 26.2. The zero-order chi connectivity index (χ0) is 34.1. The molecule has 1 fully saturated rings. The monoisotopic (exact) mass is 652 g/mol. The molecule has 252 valence electrons. The molecule has 0 unspecified atom stereocenters. The molecule has 1 aliphatic heterocycles. The minimum atomic E-state index is -4.76. The van der Waals surface area contributed by atoms with E-state index in [1.165, 1.54) is 0 Å². The van der Waals surface area contributed by atoms with Crippen molar-refractivity contribution >= 4 is 24.3 Å². The lowest BCUT2D eigenvalue weighted by atomic mass is 9.96. The van der Waals surface area contributed by atoms with Gasteiger partial charge in [-0.25, -0.2) is 9.18 Å². The molecular formula is C30H40F4N8O4. The Bertz CT molecular complexity index is 1490. The fraction of sp³-hybridized carbons (Fsp3) is 0.467. The van der Waals surface area contributed by atoms with Gasteiger partial charge in [-0.2, -0.15) is 0 Å². The van der Waals surface area contributed by atoms with Crippen molar-refractivity contribution in [2.45, 2.75) is 71.0 Å². The van der Waals surface area contributed by atoms with Crippen LogP contribution in [0.3, 0.4) is 0 Å². The van der Waals surface area contributed by atoms with Gasteiger partial charge < -0.3 is 36.1 Å². The first-order chi connectivity index (χ1) is 21.6. The van der Waals surface area contributed by atoms with Crippen molar-refractivity contribution in [3.8, 4) is 5.75 Å². The third-order valence-corrected chi connectivity index (χ3v) is 6.61. The summed E-state index contributed by atoms with van der Waals surface area (Å²) in [6.07, 6.45) is 1.62. The van der Waals surface area contributed by atoms with Crippen LogP contribution in [0.25, 0.3) is 6.08 Å². The zero-order valence-corrected chi connectivity index (χ0v) is 26.2. The van der Waals surface area contributed by atoms with E-state index < -0.39 is 23.5 Å². The maximum Gasteiger partial charge on any atom is 0.573 e. The van der Waals surface area contributed by atoms with Crippen molar-refractivity contribution in [3.63, 3.8) is 0 Å². The van der Waals surface area contributed by atoms with Gasteiger partial charge in [0.05, 0.1) is 6.20 Å². The number of nitrogens with zero attached hydrogens (tertiary/aromatic N) is 4. The maximum atomic E-state index is 13.0. The lowest BCUT2D eigenvalue weighted by molar-refractivity contribution is -0.274. The summed E-state index contributed by atoms with van der Waals surface area (Å²) >= 11 is 0. The number of benzene rings is 1. The van der Waals surface area contributed by atoms with E-state index in [4.69, 9.17) is 16.2 Å². The van der Waals surface area contributed by atoms with Crippen LogP contribution in [-0.2, 0) is 17.8 Å². The second-order valence-corrected chi connectivity index (χ2v) is 11.7. The highest BCUT2D eigenvalue weighted by Crippen LogP contribution is 2.31. The van der Waals surface area contributed by atoms with Crippen LogP contribution in [0.1, 0.15) is 73.3 Å². The first kappa shape index (κ1) is 35.9. The Hall–Kier alpha value is -4.60. The lowest BCUT2D eigenvalue weighted by Gasteiger charge is -2.39. The number of unbranched alkanes of at least 4 members (excludes halogenated alkanes) is 1. The molecule has 46 heavy (non-hydrogen) atoms. The number of carbonyl (C=O) groups is 2.